The van der Waals surface area contributed by atoms with Crippen LogP contribution in [0.2, 0.25) is 0 Å². The van der Waals surface area contributed by atoms with E-state index in [1.807, 2.05) is 13.8 Å². The molecule has 0 aromatic heterocycles. The van der Waals surface area contributed by atoms with Crippen molar-refractivity contribution in [1.82, 2.24) is 0 Å². The minimum Gasteiger partial charge on any atom is -0.393 e. The van der Waals surface area contributed by atoms with Crippen LogP contribution in [0.5, 0.6) is 0 Å². The van der Waals surface area contributed by atoms with Crippen LogP contribution in [0.1, 0.15) is 39.5 Å². The van der Waals surface area contributed by atoms with E-state index in [2.05, 4.69) is 0 Å². The molecule has 0 amide bonds. The molecule has 2 aliphatic rings. The van der Waals surface area contributed by atoms with E-state index in [1.54, 1.807) is 7.11 Å². The lowest BCUT2D eigenvalue weighted by atomic mass is 9.90. The Bertz CT molecular complexity index is 228. The summed E-state index contributed by atoms with van der Waals surface area (Å²) in [4.78, 5) is 0. The van der Waals surface area contributed by atoms with Crippen LogP contribution in [0.3, 0.4) is 0 Å². The largest absolute Gasteiger partial charge is 0.393 e. The van der Waals surface area contributed by atoms with Crippen molar-refractivity contribution >= 4 is 0 Å². The first kappa shape index (κ1) is 12.3. The average molecular weight is 230 g/mol. The molecule has 0 aromatic carbocycles. The summed E-state index contributed by atoms with van der Waals surface area (Å²) in [5, 5.41) is 9.84. The van der Waals surface area contributed by atoms with Gasteiger partial charge in [0.2, 0.25) is 0 Å². The van der Waals surface area contributed by atoms with E-state index in [9.17, 15) is 5.11 Å². The maximum absolute atomic E-state index is 9.84. The van der Waals surface area contributed by atoms with Gasteiger partial charge in [-0.25, -0.2) is 0 Å². The average Bonchev–Trinajstić information content (AvgIpc) is 2.13. The Labute approximate surface area is 96.9 Å². The van der Waals surface area contributed by atoms with Crippen molar-refractivity contribution in [3.8, 4) is 0 Å². The second-order valence-corrected chi connectivity index (χ2v) is 5.16. The lowest BCUT2D eigenvalue weighted by Crippen LogP contribution is -2.54. The molecule has 2 fully saturated rings. The first-order valence-corrected chi connectivity index (χ1v) is 6.09. The normalized spacial score (nSPS) is 49.5. The molecule has 2 heterocycles. The Morgan fingerprint density at radius 3 is 2.31 bits per heavy atom. The van der Waals surface area contributed by atoms with Gasteiger partial charge in [-0.2, -0.15) is 0 Å². The van der Waals surface area contributed by atoms with Crippen LogP contribution in [0, 0.1) is 0 Å². The Balaban J connectivity index is 2.09. The zero-order valence-electron chi connectivity index (χ0n) is 10.3. The monoisotopic (exact) mass is 230 g/mol. The van der Waals surface area contributed by atoms with Crippen LogP contribution in [0.25, 0.3) is 0 Å². The highest BCUT2D eigenvalue weighted by atomic mass is 16.7. The van der Waals surface area contributed by atoms with Gasteiger partial charge >= 0.3 is 0 Å². The van der Waals surface area contributed by atoms with E-state index in [-0.39, 0.29) is 24.4 Å². The molecule has 0 bridgehead atoms. The molecule has 0 saturated carbocycles. The lowest BCUT2D eigenvalue weighted by Gasteiger charge is -2.48. The molecule has 16 heavy (non-hydrogen) atoms. The number of ether oxygens (including phenoxy) is 3. The van der Waals surface area contributed by atoms with Gasteiger partial charge in [-0.15, -0.1) is 0 Å². The fourth-order valence-electron chi connectivity index (χ4n) is 2.94. The molecular weight excluding hydrogens is 208 g/mol. The highest BCUT2D eigenvalue weighted by Crippen LogP contribution is 2.39. The van der Waals surface area contributed by atoms with Crippen molar-refractivity contribution in [2.24, 2.45) is 0 Å². The zero-order valence-corrected chi connectivity index (χ0v) is 10.3. The van der Waals surface area contributed by atoms with Crippen LogP contribution in [-0.2, 0) is 14.2 Å². The summed E-state index contributed by atoms with van der Waals surface area (Å²) in [6.45, 7) is 4.01. The number of methoxy groups -OCH3 is 1. The fourth-order valence-corrected chi connectivity index (χ4v) is 2.94. The Morgan fingerprint density at radius 1 is 1.12 bits per heavy atom. The van der Waals surface area contributed by atoms with Crippen molar-refractivity contribution < 1.29 is 19.3 Å². The fraction of sp³-hybridized carbons (Fsp3) is 1.00. The van der Waals surface area contributed by atoms with Crippen LogP contribution in [0.4, 0.5) is 0 Å². The summed E-state index contributed by atoms with van der Waals surface area (Å²) in [7, 11) is 1.72. The summed E-state index contributed by atoms with van der Waals surface area (Å²) in [5.74, 6) is -0.630. The molecule has 2 aliphatic heterocycles. The molecule has 1 spiro atoms. The van der Waals surface area contributed by atoms with E-state index in [1.165, 1.54) is 0 Å². The minimum atomic E-state index is -0.630. The third-order valence-corrected chi connectivity index (χ3v) is 3.45. The predicted octanol–water partition coefficient (Wildman–Crippen LogP) is 1.46. The van der Waals surface area contributed by atoms with Gasteiger partial charge in [0.05, 0.1) is 24.4 Å². The predicted molar refractivity (Wildman–Crippen MR) is 59.1 cm³/mol. The molecule has 4 nitrogen and oxygen atoms in total. The van der Waals surface area contributed by atoms with Crippen LogP contribution in [0.15, 0.2) is 0 Å². The van der Waals surface area contributed by atoms with Crippen LogP contribution in [-0.4, -0.2) is 42.4 Å². The van der Waals surface area contributed by atoms with Gasteiger partial charge in [-0.05, 0) is 26.7 Å². The van der Waals surface area contributed by atoms with E-state index >= 15 is 0 Å². The lowest BCUT2D eigenvalue weighted by molar-refractivity contribution is -0.334. The Morgan fingerprint density at radius 2 is 1.75 bits per heavy atom. The van der Waals surface area contributed by atoms with Crippen LogP contribution >= 0.6 is 0 Å². The molecule has 5 atom stereocenters. The topological polar surface area (TPSA) is 47.9 Å². The van der Waals surface area contributed by atoms with Gasteiger partial charge in [0.25, 0.3) is 0 Å². The SMILES string of the molecule is CO[C@H]1C[C@@H](C)O[C@]2(C[C@@H](O)C[C@H](C)O2)C1. The standard InChI is InChI=1S/C12H22O4/c1-8-4-10(13)6-12(15-8)7-11(14-3)5-9(2)16-12/h8-11,13H,4-7H2,1-3H3/t8-,9+,10-,11-,12+/m0/s1. The maximum Gasteiger partial charge on any atom is 0.173 e. The van der Waals surface area contributed by atoms with E-state index in [4.69, 9.17) is 14.2 Å². The van der Waals surface area contributed by atoms with Gasteiger partial charge in [0, 0.05) is 20.0 Å². The van der Waals surface area contributed by atoms with Gasteiger partial charge in [-0.1, -0.05) is 0 Å². The molecule has 0 aliphatic carbocycles. The highest BCUT2D eigenvalue weighted by molar-refractivity contribution is 4.89. The number of hydrogen-bond acceptors (Lipinski definition) is 4. The summed E-state index contributed by atoms with van der Waals surface area (Å²) in [5.41, 5.74) is 0. The number of aliphatic hydroxyl groups is 1. The molecule has 2 rings (SSSR count). The van der Waals surface area contributed by atoms with E-state index < -0.39 is 5.79 Å². The van der Waals surface area contributed by atoms with Gasteiger partial charge in [0.1, 0.15) is 0 Å². The first-order valence-electron chi connectivity index (χ1n) is 6.09. The second kappa shape index (κ2) is 4.61. The van der Waals surface area contributed by atoms with E-state index in [0.717, 1.165) is 12.8 Å². The molecule has 4 heteroatoms. The second-order valence-electron chi connectivity index (χ2n) is 5.16. The van der Waals surface area contributed by atoms with Crippen molar-refractivity contribution in [2.75, 3.05) is 7.11 Å². The minimum absolute atomic E-state index is 0.0477. The zero-order chi connectivity index (χ0) is 11.8. The van der Waals surface area contributed by atoms with Crippen molar-refractivity contribution in [3.05, 3.63) is 0 Å². The summed E-state index contributed by atoms with van der Waals surface area (Å²) < 4.78 is 17.3. The van der Waals surface area contributed by atoms with Gasteiger partial charge < -0.3 is 19.3 Å². The van der Waals surface area contributed by atoms with Crippen molar-refractivity contribution in [1.29, 1.82) is 0 Å². The van der Waals surface area contributed by atoms with Crippen LogP contribution < -0.4 is 0 Å². The van der Waals surface area contributed by atoms with Crippen molar-refractivity contribution in [3.63, 3.8) is 0 Å². The maximum atomic E-state index is 9.84. The summed E-state index contributed by atoms with van der Waals surface area (Å²) in [6, 6.07) is 0. The van der Waals surface area contributed by atoms with Crippen molar-refractivity contribution in [2.45, 2.75) is 69.7 Å². The Hall–Kier alpha value is -0.160. The molecular formula is C12H22O4. The first-order chi connectivity index (χ1) is 7.53. The highest BCUT2D eigenvalue weighted by Gasteiger charge is 2.46. The molecule has 0 unspecified atom stereocenters. The van der Waals surface area contributed by atoms with Gasteiger partial charge in [-0.3, -0.25) is 0 Å². The molecule has 2 saturated heterocycles. The third kappa shape index (κ3) is 2.56. The smallest absolute Gasteiger partial charge is 0.173 e. The number of rotatable bonds is 1. The molecule has 0 aromatic rings. The summed E-state index contributed by atoms with van der Waals surface area (Å²) >= 11 is 0. The van der Waals surface area contributed by atoms with Gasteiger partial charge in [0.15, 0.2) is 5.79 Å². The number of hydrogen-bond donors (Lipinski definition) is 1. The molecule has 1 N–H and O–H groups in total. The summed E-state index contributed by atoms with van der Waals surface area (Å²) in [6.07, 6.45) is 2.87. The molecule has 0 radical (unpaired) electrons. The quantitative estimate of drug-likeness (QED) is 0.741. The number of aliphatic hydroxyl groups excluding tert-OH is 1. The Kier molecular flexibility index (Phi) is 3.54. The van der Waals surface area contributed by atoms with E-state index in [0.29, 0.717) is 12.8 Å². The molecule has 94 valence electrons. The third-order valence-electron chi connectivity index (χ3n) is 3.45.